The van der Waals surface area contributed by atoms with Gasteiger partial charge in [0, 0.05) is 26.8 Å². The topological polar surface area (TPSA) is 36.3 Å². The maximum Gasteiger partial charge on any atom is 0.124 e. The molecule has 0 fully saturated rings. The van der Waals surface area contributed by atoms with Crippen LogP contribution in [-0.2, 0) is 11.3 Å². The molecule has 0 atom stereocenters. The minimum absolute atomic E-state index is 0.357. The van der Waals surface area contributed by atoms with E-state index in [9.17, 15) is 4.39 Å². The van der Waals surface area contributed by atoms with Crippen molar-refractivity contribution in [2.45, 2.75) is 13.0 Å². The molecule has 92 valence electrons. The van der Waals surface area contributed by atoms with Gasteiger partial charge in [-0.25, -0.2) is 4.39 Å². The molecule has 0 aliphatic carbocycles. The van der Waals surface area contributed by atoms with Crippen LogP contribution in [0.3, 0.4) is 0 Å². The lowest BCUT2D eigenvalue weighted by molar-refractivity contribution is 0.178. The molecule has 1 aromatic rings. The molecular formula is C13H17FN2O. The Morgan fingerprint density at radius 3 is 2.82 bits per heavy atom. The van der Waals surface area contributed by atoms with Crippen LogP contribution in [0.2, 0.25) is 0 Å². The highest BCUT2D eigenvalue weighted by molar-refractivity contribution is 5.33. The molecule has 0 unspecified atom stereocenters. The highest BCUT2D eigenvalue weighted by Gasteiger charge is 2.04. The first-order valence-corrected chi connectivity index (χ1v) is 5.52. The summed E-state index contributed by atoms with van der Waals surface area (Å²) in [5.41, 5.74) is 1.19. The molecular weight excluding hydrogens is 219 g/mol. The van der Waals surface area contributed by atoms with Crippen molar-refractivity contribution in [1.82, 2.24) is 4.90 Å². The van der Waals surface area contributed by atoms with E-state index in [1.165, 1.54) is 12.1 Å². The molecule has 0 radical (unpaired) electrons. The van der Waals surface area contributed by atoms with Crippen LogP contribution in [-0.4, -0.2) is 32.2 Å². The molecule has 0 spiro atoms. The van der Waals surface area contributed by atoms with Gasteiger partial charge in [0.2, 0.25) is 0 Å². The van der Waals surface area contributed by atoms with E-state index in [1.54, 1.807) is 13.2 Å². The van der Waals surface area contributed by atoms with E-state index in [4.69, 9.17) is 10.00 Å². The van der Waals surface area contributed by atoms with Crippen molar-refractivity contribution in [1.29, 1.82) is 5.26 Å². The van der Waals surface area contributed by atoms with Crippen molar-refractivity contribution >= 4 is 0 Å². The van der Waals surface area contributed by atoms with Crippen molar-refractivity contribution in [3.63, 3.8) is 0 Å². The first kappa shape index (κ1) is 13.6. The van der Waals surface area contributed by atoms with Crippen molar-refractivity contribution < 1.29 is 9.13 Å². The van der Waals surface area contributed by atoms with E-state index >= 15 is 0 Å². The van der Waals surface area contributed by atoms with Gasteiger partial charge in [-0.15, -0.1) is 0 Å². The average Bonchev–Trinajstić information content (AvgIpc) is 2.28. The molecule has 1 aromatic carbocycles. The van der Waals surface area contributed by atoms with Gasteiger partial charge >= 0.3 is 0 Å². The molecule has 0 saturated carbocycles. The van der Waals surface area contributed by atoms with E-state index in [-0.39, 0.29) is 5.82 Å². The Morgan fingerprint density at radius 1 is 1.41 bits per heavy atom. The Morgan fingerprint density at radius 2 is 2.18 bits per heavy atom. The minimum atomic E-state index is -0.357. The molecule has 0 aliphatic heterocycles. The Bertz CT molecular complexity index is 401. The molecule has 4 heteroatoms. The van der Waals surface area contributed by atoms with Crippen LogP contribution in [0.1, 0.15) is 17.5 Å². The van der Waals surface area contributed by atoms with Crippen LogP contribution in [0, 0.1) is 17.1 Å². The van der Waals surface area contributed by atoms with Gasteiger partial charge in [-0.3, -0.25) is 0 Å². The number of rotatable bonds is 6. The van der Waals surface area contributed by atoms with Gasteiger partial charge < -0.3 is 9.64 Å². The minimum Gasteiger partial charge on any atom is -0.385 e. The largest absolute Gasteiger partial charge is 0.385 e. The van der Waals surface area contributed by atoms with Gasteiger partial charge in [-0.2, -0.15) is 5.26 Å². The Hall–Kier alpha value is -1.44. The molecule has 0 aromatic heterocycles. The monoisotopic (exact) mass is 236 g/mol. The van der Waals surface area contributed by atoms with E-state index in [1.807, 2.05) is 13.1 Å². The van der Waals surface area contributed by atoms with E-state index < -0.39 is 0 Å². The molecule has 0 N–H and O–H groups in total. The molecule has 1 rings (SSSR count). The van der Waals surface area contributed by atoms with Crippen molar-refractivity contribution in [3.8, 4) is 6.07 Å². The lowest BCUT2D eigenvalue weighted by Crippen LogP contribution is -2.20. The molecule has 0 saturated heterocycles. The first-order chi connectivity index (χ1) is 8.15. The second-order valence-electron chi connectivity index (χ2n) is 4.04. The Labute approximate surface area is 101 Å². The third kappa shape index (κ3) is 4.94. The maximum absolute atomic E-state index is 13.2. The zero-order valence-electron chi connectivity index (χ0n) is 10.2. The summed E-state index contributed by atoms with van der Waals surface area (Å²) in [6, 6.07) is 6.38. The van der Waals surface area contributed by atoms with Gasteiger partial charge in [0.1, 0.15) is 5.82 Å². The number of ether oxygens (including phenoxy) is 1. The van der Waals surface area contributed by atoms with E-state index in [0.29, 0.717) is 12.1 Å². The first-order valence-electron chi connectivity index (χ1n) is 5.52. The van der Waals surface area contributed by atoms with Crippen LogP contribution < -0.4 is 0 Å². The fraction of sp³-hybridized carbons (Fsp3) is 0.462. The second kappa shape index (κ2) is 7.00. The fourth-order valence-corrected chi connectivity index (χ4v) is 1.68. The van der Waals surface area contributed by atoms with Crippen LogP contribution in [0.25, 0.3) is 0 Å². The summed E-state index contributed by atoms with van der Waals surface area (Å²) in [7, 11) is 3.64. The maximum atomic E-state index is 13.2. The molecule has 3 nitrogen and oxygen atoms in total. The smallest absolute Gasteiger partial charge is 0.124 e. The number of hydrogen-bond donors (Lipinski definition) is 0. The molecule has 0 heterocycles. The zero-order valence-corrected chi connectivity index (χ0v) is 10.2. The summed E-state index contributed by atoms with van der Waals surface area (Å²) in [6.45, 7) is 2.24. The highest BCUT2D eigenvalue weighted by atomic mass is 19.1. The van der Waals surface area contributed by atoms with Crippen molar-refractivity contribution in [3.05, 3.63) is 35.1 Å². The standard InChI is InChI=1S/C13H17FN2O/c1-16(4-3-5-17-2)10-12-6-11(9-15)7-13(14)8-12/h6-8H,3-5,10H2,1-2H3. The van der Waals surface area contributed by atoms with Gasteiger partial charge in [0.05, 0.1) is 11.6 Å². The third-order valence-electron chi connectivity index (χ3n) is 2.43. The number of nitrogens with zero attached hydrogens (tertiary/aromatic N) is 2. The fourth-order valence-electron chi connectivity index (χ4n) is 1.68. The van der Waals surface area contributed by atoms with Crippen LogP contribution >= 0.6 is 0 Å². The highest BCUT2D eigenvalue weighted by Crippen LogP contribution is 2.10. The lowest BCUT2D eigenvalue weighted by atomic mass is 10.1. The van der Waals surface area contributed by atoms with E-state index in [2.05, 4.69) is 4.90 Å². The average molecular weight is 236 g/mol. The van der Waals surface area contributed by atoms with Crippen LogP contribution in [0.5, 0.6) is 0 Å². The lowest BCUT2D eigenvalue weighted by Gasteiger charge is -2.16. The summed E-state index contributed by atoms with van der Waals surface area (Å²) < 4.78 is 18.2. The zero-order chi connectivity index (χ0) is 12.7. The normalized spacial score (nSPS) is 10.5. The van der Waals surface area contributed by atoms with Gasteiger partial charge in [-0.1, -0.05) is 0 Å². The van der Waals surface area contributed by atoms with E-state index in [0.717, 1.165) is 25.1 Å². The number of hydrogen-bond acceptors (Lipinski definition) is 3. The van der Waals surface area contributed by atoms with Crippen LogP contribution in [0.4, 0.5) is 4.39 Å². The quantitative estimate of drug-likeness (QED) is 0.710. The Kier molecular flexibility index (Phi) is 5.61. The van der Waals surface area contributed by atoms with Crippen LogP contribution in [0.15, 0.2) is 18.2 Å². The second-order valence-corrected chi connectivity index (χ2v) is 4.04. The Balaban J connectivity index is 2.56. The number of halogens is 1. The molecule has 0 amide bonds. The van der Waals surface area contributed by atoms with Gasteiger partial charge in [-0.05, 0) is 37.2 Å². The van der Waals surface area contributed by atoms with Crippen molar-refractivity contribution in [2.24, 2.45) is 0 Å². The number of benzene rings is 1. The van der Waals surface area contributed by atoms with Gasteiger partial charge in [0.15, 0.2) is 0 Å². The summed E-state index contributed by atoms with van der Waals surface area (Å²) >= 11 is 0. The molecule has 0 aliphatic rings. The molecule has 0 bridgehead atoms. The third-order valence-corrected chi connectivity index (χ3v) is 2.43. The summed E-state index contributed by atoms with van der Waals surface area (Å²) in [6.07, 6.45) is 0.938. The number of methoxy groups -OCH3 is 1. The summed E-state index contributed by atoms with van der Waals surface area (Å²) in [5.74, 6) is -0.357. The summed E-state index contributed by atoms with van der Waals surface area (Å²) in [4.78, 5) is 2.08. The molecule has 17 heavy (non-hydrogen) atoms. The predicted molar refractivity (Wildman–Crippen MR) is 63.9 cm³/mol. The predicted octanol–water partition coefficient (Wildman–Crippen LogP) is 2.17. The SMILES string of the molecule is COCCCN(C)Cc1cc(F)cc(C#N)c1. The summed E-state index contributed by atoms with van der Waals surface area (Å²) in [5, 5.41) is 8.75. The number of nitriles is 1. The van der Waals surface area contributed by atoms with Crippen molar-refractivity contribution in [2.75, 3.05) is 27.3 Å². The van der Waals surface area contributed by atoms with Gasteiger partial charge in [0.25, 0.3) is 0 Å².